The second kappa shape index (κ2) is 14.5. The molecular formula is C41H45FN2O6. The van der Waals surface area contributed by atoms with Crippen molar-refractivity contribution < 1.29 is 33.0 Å². The SMILES string of the molecule is COc1cc(F)c(OC2CCC(C)(C(=O)OCc3cccc4ccccc34)CC2)cc1C(=O)Nc1c(C)cccc1C(=O)NCC1(C)CCC1. The van der Waals surface area contributed by atoms with Gasteiger partial charge in [0, 0.05) is 12.6 Å². The molecule has 0 aromatic heterocycles. The van der Waals surface area contributed by atoms with E-state index >= 15 is 4.39 Å². The normalized spacial score (nSPS) is 19.6. The van der Waals surface area contributed by atoms with Crippen LogP contribution in [-0.2, 0) is 16.1 Å². The quantitative estimate of drug-likeness (QED) is 0.154. The molecule has 2 aliphatic carbocycles. The van der Waals surface area contributed by atoms with Crippen LogP contribution in [0.25, 0.3) is 10.8 Å². The highest BCUT2D eigenvalue weighted by Gasteiger charge is 2.40. The third-order valence-corrected chi connectivity index (χ3v) is 10.6. The maximum Gasteiger partial charge on any atom is 0.312 e. The lowest BCUT2D eigenvalue weighted by Gasteiger charge is -2.38. The van der Waals surface area contributed by atoms with Gasteiger partial charge in [0.2, 0.25) is 0 Å². The van der Waals surface area contributed by atoms with Crippen LogP contribution in [0.3, 0.4) is 0 Å². The van der Waals surface area contributed by atoms with E-state index in [-0.39, 0.29) is 47.1 Å². The first-order chi connectivity index (χ1) is 24.0. The van der Waals surface area contributed by atoms with E-state index in [0.29, 0.717) is 49.0 Å². The molecule has 6 rings (SSSR count). The molecule has 0 aliphatic heterocycles. The number of ether oxygens (including phenoxy) is 3. The standard InChI is InChI=1S/C41H45FN2O6/c1-26-10-7-15-31(37(45)43-25-40(2)18-9-19-40)36(26)44-38(46)32-22-35(33(42)23-34(32)48-4)50-29-16-20-41(3,21-17-29)39(47)49-24-28-13-8-12-27-11-5-6-14-30(27)28/h5-8,10-15,22-23,29H,9,16-21,24-25H2,1-4H3,(H,43,45)(H,44,46). The number of hydrogen-bond acceptors (Lipinski definition) is 6. The highest BCUT2D eigenvalue weighted by atomic mass is 19.1. The largest absolute Gasteiger partial charge is 0.496 e. The highest BCUT2D eigenvalue weighted by Crippen LogP contribution is 2.41. The summed E-state index contributed by atoms with van der Waals surface area (Å²) in [7, 11) is 1.36. The summed E-state index contributed by atoms with van der Waals surface area (Å²) in [5.41, 5.74) is 1.85. The fourth-order valence-electron chi connectivity index (χ4n) is 6.99. The third kappa shape index (κ3) is 7.47. The predicted molar refractivity (Wildman–Crippen MR) is 191 cm³/mol. The fourth-order valence-corrected chi connectivity index (χ4v) is 6.99. The Balaban J connectivity index is 1.10. The van der Waals surface area contributed by atoms with Gasteiger partial charge in [-0.05, 0) is 91.8 Å². The number of amides is 2. The van der Waals surface area contributed by atoms with Crippen LogP contribution in [0.1, 0.15) is 90.6 Å². The summed E-state index contributed by atoms with van der Waals surface area (Å²) in [4.78, 5) is 40.2. The molecule has 9 heteroatoms. The van der Waals surface area contributed by atoms with Crippen LogP contribution in [0.2, 0.25) is 0 Å². The summed E-state index contributed by atoms with van der Waals surface area (Å²) in [6.07, 6.45) is 4.96. The summed E-state index contributed by atoms with van der Waals surface area (Å²) in [6, 6.07) is 21.7. The van der Waals surface area contributed by atoms with Crippen molar-refractivity contribution >= 4 is 34.2 Å². The fraction of sp³-hybridized carbons (Fsp3) is 0.390. The number of carbonyl (C=O) groups excluding carboxylic acids is 3. The number of anilines is 1. The Morgan fingerprint density at radius 3 is 2.30 bits per heavy atom. The minimum absolute atomic E-state index is 0.0370. The van der Waals surface area contributed by atoms with Gasteiger partial charge in [0.1, 0.15) is 12.4 Å². The third-order valence-electron chi connectivity index (χ3n) is 10.6. The van der Waals surface area contributed by atoms with E-state index < -0.39 is 17.1 Å². The van der Waals surface area contributed by atoms with Crippen molar-refractivity contribution in [2.45, 2.75) is 78.4 Å². The summed E-state index contributed by atoms with van der Waals surface area (Å²) in [5.74, 6) is -1.81. The predicted octanol–water partition coefficient (Wildman–Crippen LogP) is 8.54. The zero-order chi connectivity index (χ0) is 35.5. The number of halogens is 1. The average Bonchev–Trinajstić information content (AvgIpc) is 3.11. The molecule has 4 aromatic carbocycles. The van der Waals surface area contributed by atoms with E-state index in [1.165, 1.54) is 13.2 Å². The molecule has 0 saturated heterocycles. The average molecular weight is 681 g/mol. The lowest BCUT2D eigenvalue weighted by molar-refractivity contribution is -0.159. The van der Waals surface area contributed by atoms with Crippen molar-refractivity contribution in [3.8, 4) is 11.5 Å². The molecule has 0 unspecified atom stereocenters. The van der Waals surface area contributed by atoms with Crippen LogP contribution in [0, 0.1) is 23.6 Å². The molecule has 2 N–H and O–H groups in total. The van der Waals surface area contributed by atoms with Crippen molar-refractivity contribution in [3.63, 3.8) is 0 Å². The van der Waals surface area contributed by atoms with Gasteiger partial charge in [-0.15, -0.1) is 0 Å². The Morgan fingerprint density at radius 2 is 1.58 bits per heavy atom. The summed E-state index contributed by atoms with van der Waals surface area (Å²) in [5, 5.41) is 8.04. The maximum absolute atomic E-state index is 15.3. The lowest BCUT2D eigenvalue weighted by Crippen LogP contribution is -2.40. The Bertz CT molecular complexity index is 1910. The zero-order valence-corrected chi connectivity index (χ0v) is 29.2. The Morgan fingerprint density at radius 1 is 0.860 bits per heavy atom. The van der Waals surface area contributed by atoms with Crippen LogP contribution in [-0.4, -0.2) is 37.5 Å². The monoisotopic (exact) mass is 680 g/mol. The molecule has 0 bridgehead atoms. The molecule has 0 radical (unpaired) electrons. The van der Waals surface area contributed by atoms with E-state index in [1.807, 2.05) is 62.4 Å². The number of rotatable bonds is 11. The number of esters is 1. The number of hydrogen-bond donors (Lipinski definition) is 2. The second-order valence-electron chi connectivity index (χ2n) is 14.4. The van der Waals surface area contributed by atoms with E-state index in [2.05, 4.69) is 17.6 Å². The van der Waals surface area contributed by atoms with Crippen LogP contribution >= 0.6 is 0 Å². The van der Waals surface area contributed by atoms with Crippen LogP contribution in [0.4, 0.5) is 10.1 Å². The lowest BCUT2D eigenvalue weighted by atomic mass is 9.70. The molecule has 50 heavy (non-hydrogen) atoms. The molecule has 2 saturated carbocycles. The van der Waals surface area contributed by atoms with Gasteiger partial charge in [-0.2, -0.15) is 0 Å². The Hall–Kier alpha value is -4.92. The van der Waals surface area contributed by atoms with E-state index in [4.69, 9.17) is 14.2 Å². The van der Waals surface area contributed by atoms with Gasteiger partial charge in [-0.1, -0.05) is 67.9 Å². The molecule has 0 spiro atoms. The van der Waals surface area contributed by atoms with Gasteiger partial charge in [-0.3, -0.25) is 14.4 Å². The van der Waals surface area contributed by atoms with Gasteiger partial charge in [0.15, 0.2) is 11.6 Å². The molecule has 2 amide bonds. The zero-order valence-electron chi connectivity index (χ0n) is 29.2. The van der Waals surface area contributed by atoms with Crippen LogP contribution in [0.15, 0.2) is 72.8 Å². The van der Waals surface area contributed by atoms with Crippen LogP contribution < -0.4 is 20.1 Å². The highest BCUT2D eigenvalue weighted by molar-refractivity contribution is 6.11. The Labute approximate surface area is 292 Å². The molecule has 0 atom stereocenters. The summed E-state index contributed by atoms with van der Waals surface area (Å²) >= 11 is 0. The minimum atomic E-state index is -0.693. The van der Waals surface area contributed by atoms with E-state index in [0.717, 1.165) is 41.7 Å². The van der Waals surface area contributed by atoms with Gasteiger partial charge in [-0.25, -0.2) is 4.39 Å². The van der Waals surface area contributed by atoms with Crippen LogP contribution in [0.5, 0.6) is 11.5 Å². The number of para-hydroxylation sites is 1. The number of methoxy groups -OCH3 is 1. The molecular weight excluding hydrogens is 635 g/mol. The minimum Gasteiger partial charge on any atom is -0.496 e. The van der Waals surface area contributed by atoms with Gasteiger partial charge in [0.25, 0.3) is 11.8 Å². The number of aryl methyl sites for hydroxylation is 1. The maximum atomic E-state index is 15.3. The van der Waals surface area contributed by atoms with Gasteiger partial charge < -0.3 is 24.8 Å². The molecule has 2 aliphatic rings. The number of fused-ring (bicyclic) bond motifs is 1. The molecule has 0 heterocycles. The first-order valence-corrected chi connectivity index (χ1v) is 17.4. The molecule has 8 nitrogen and oxygen atoms in total. The van der Waals surface area contributed by atoms with Gasteiger partial charge >= 0.3 is 5.97 Å². The molecule has 262 valence electrons. The van der Waals surface area contributed by atoms with Crippen molar-refractivity contribution in [2.24, 2.45) is 10.8 Å². The van der Waals surface area contributed by atoms with E-state index in [9.17, 15) is 14.4 Å². The number of carbonyl (C=O) groups is 3. The van der Waals surface area contributed by atoms with Crippen molar-refractivity contribution in [1.29, 1.82) is 0 Å². The van der Waals surface area contributed by atoms with Crippen molar-refractivity contribution in [3.05, 3.63) is 101 Å². The first kappa shape index (κ1) is 34.9. The van der Waals surface area contributed by atoms with Crippen molar-refractivity contribution in [2.75, 3.05) is 19.0 Å². The smallest absolute Gasteiger partial charge is 0.312 e. The summed E-state index contributed by atoms with van der Waals surface area (Å²) < 4.78 is 32.6. The number of benzene rings is 4. The summed E-state index contributed by atoms with van der Waals surface area (Å²) in [6.45, 7) is 6.62. The second-order valence-corrected chi connectivity index (χ2v) is 14.4. The first-order valence-electron chi connectivity index (χ1n) is 17.4. The number of nitrogens with one attached hydrogen (secondary N) is 2. The molecule has 4 aromatic rings. The molecule has 2 fully saturated rings. The van der Waals surface area contributed by atoms with E-state index in [1.54, 1.807) is 12.1 Å². The topological polar surface area (TPSA) is 103 Å². The van der Waals surface area contributed by atoms with Crippen molar-refractivity contribution in [1.82, 2.24) is 5.32 Å². The van der Waals surface area contributed by atoms with Gasteiger partial charge in [0.05, 0.1) is 35.4 Å². The Kier molecular flexibility index (Phi) is 10.1.